The zero-order valence-electron chi connectivity index (χ0n) is 8.56. The van der Waals surface area contributed by atoms with Gasteiger partial charge in [0, 0.05) is 23.8 Å². The number of benzene rings is 1. The molecule has 15 heavy (non-hydrogen) atoms. The average Bonchev–Trinajstić information content (AvgIpc) is 3.11. The van der Waals surface area contributed by atoms with Crippen LogP contribution in [0, 0.1) is 5.92 Å². The normalized spacial score (nSPS) is 17.9. The molecule has 1 aromatic heterocycles. The molecule has 1 aliphatic carbocycles. The maximum Gasteiger partial charge on any atom is 0.0346 e. The summed E-state index contributed by atoms with van der Waals surface area (Å²) in [5.74, 6) is 0.698. The van der Waals surface area contributed by atoms with Gasteiger partial charge in [0.2, 0.25) is 0 Å². The zero-order valence-corrected chi connectivity index (χ0v) is 8.56. The highest BCUT2D eigenvalue weighted by Crippen LogP contribution is 2.41. The molecule has 2 N–H and O–H groups in total. The van der Waals surface area contributed by atoms with E-state index in [9.17, 15) is 0 Å². The summed E-state index contributed by atoms with van der Waals surface area (Å²) >= 11 is 0. The van der Waals surface area contributed by atoms with Gasteiger partial charge in [0.15, 0.2) is 0 Å². The van der Waals surface area contributed by atoms with Gasteiger partial charge in [-0.25, -0.2) is 0 Å². The molecule has 1 heterocycles. The van der Waals surface area contributed by atoms with E-state index in [2.05, 4.69) is 29.2 Å². The highest BCUT2D eigenvalue weighted by molar-refractivity contribution is 5.85. The molecule has 0 spiro atoms. The Morgan fingerprint density at radius 1 is 1.27 bits per heavy atom. The van der Waals surface area contributed by atoms with Crippen LogP contribution in [0.5, 0.6) is 0 Å². The maximum atomic E-state index is 6.25. The summed E-state index contributed by atoms with van der Waals surface area (Å²) in [6, 6.07) is 8.57. The van der Waals surface area contributed by atoms with Gasteiger partial charge >= 0.3 is 0 Å². The van der Waals surface area contributed by atoms with Crippen LogP contribution in [0.2, 0.25) is 0 Å². The summed E-state index contributed by atoms with van der Waals surface area (Å²) in [4.78, 5) is 4.13. The Morgan fingerprint density at radius 3 is 2.93 bits per heavy atom. The molecule has 1 fully saturated rings. The Balaban J connectivity index is 2.16. The number of fused-ring (bicyclic) bond motifs is 1. The fourth-order valence-corrected chi connectivity index (χ4v) is 2.15. The van der Waals surface area contributed by atoms with E-state index in [1.807, 2.05) is 12.4 Å². The van der Waals surface area contributed by atoms with Crippen LogP contribution in [0.1, 0.15) is 24.4 Å². The van der Waals surface area contributed by atoms with E-state index in [1.54, 1.807) is 0 Å². The predicted octanol–water partition coefficient (Wildman–Crippen LogP) is 2.64. The lowest BCUT2D eigenvalue weighted by Gasteiger charge is -2.13. The van der Waals surface area contributed by atoms with Crippen molar-refractivity contribution in [2.45, 2.75) is 18.9 Å². The van der Waals surface area contributed by atoms with Crippen molar-refractivity contribution in [3.05, 3.63) is 42.2 Å². The molecule has 2 nitrogen and oxygen atoms in total. The van der Waals surface area contributed by atoms with Crippen LogP contribution in [0.3, 0.4) is 0 Å². The molecule has 0 bridgehead atoms. The van der Waals surface area contributed by atoms with E-state index < -0.39 is 0 Å². The first-order valence-corrected chi connectivity index (χ1v) is 5.44. The molecule has 1 atom stereocenters. The van der Waals surface area contributed by atoms with Gasteiger partial charge in [0.05, 0.1) is 0 Å². The van der Waals surface area contributed by atoms with Crippen molar-refractivity contribution < 1.29 is 0 Å². The molecule has 0 saturated heterocycles. The molecule has 0 radical (unpaired) electrons. The zero-order chi connectivity index (χ0) is 10.3. The van der Waals surface area contributed by atoms with Crippen LogP contribution >= 0.6 is 0 Å². The number of hydrogen-bond acceptors (Lipinski definition) is 2. The van der Waals surface area contributed by atoms with Crippen molar-refractivity contribution in [1.82, 2.24) is 4.98 Å². The van der Waals surface area contributed by atoms with E-state index in [0.29, 0.717) is 5.92 Å². The highest BCUT2D eigenvalue weighted by atomic mass is 14.7. The smallest absolute Gasteiger partial charge is 0.0346 e. The largest absolute Gasteiger partial charge is 0.324 e. The lowest BCUT2D eigenvalue weighted by Crippen LogP contribution is -2.12. The monoisotopic (exact) mass is 198 g/mol. The van der Waals surface area contributed by atoms with Crippen LogP contribution < -0.4 is 5.73 Å². The molecule has 1 aromatic carbocycles. The van der Waals surface area contributed by atoms with Gasteiger partial charge in [-0.15, -0.1) is 0 Å². The minimum atomic E-state index is 0.205. The lowest BCUT2D eigenvalue weighted by molar-refractivity contribution is 0.638. The van der Waals surface area contributed by atoms with Gasteiger partial charge < -0.3 is 5.73 Å². The van der Waals surface area contributed by atoms with Crippen LogP contribution in [0.25, 0.3) is 10.8 Å². The molecule has 1 saturated carbocycles. The van der Waals surface area contributed by atoms with Crippen molar-refractivity contribution in [2.75, 3.05) is 0 Å². The maximum absolute atomic E-state index is 6.25. The van der Waals surface area contributed by atoms with Crippen LogP contribution in [0.4, 0.5) is 0 Å². The van der Waals surface area contributed by atoms with E-state index in [1.165, 1.54) is 29.2 Å². The highest BCUT2D eigenvalue weighted by Gasteiger charge is 2.30. The lowest BCUT2D eigenvalue weighted by atomic mass is 9.98. The summed E-state index contributed by atoms with van der Waals surface area (Å²) in [5, 5.41) is 2.44. The number of aromatic nitrogens is 1. The Bertz CT molecular complexity index is 483. The quantitative estimate of drug-likeness (QED) is 0.805. The van der Waals surface area contributed by atoms with E-state index in [-0.39, 0.29) is 6.04 Å². The van der Waals surface area contributed by atoms with Gasteiger partial charge in [-0.1, -0.05) is 18.2 Å². The van der Waals surface area contributed by atoms with E-state index >= 15 is 0 Å². The summed E-state index contributed by atoms with van der Waals surface area (Å²) in [5.41, 5.74) is 7.52. The van der Waals surface area contributed by atoms with Crippen LogP contribution in [-0.2, 0) is 0 Å². The van der Waals surface area contributed by atoms with Crippen molar-refractivity contribution >= 4 is 10.8 Å². The molecule has 2 aromatic rings. The fraction of sp³-hybridized carbons (Fsp3) is 0.308. The number of pyridine rings is 1. The Hall–Kier alpha value is -1.41. The number of hydrogen-bond donors (Lipinski definition) is 1. The molecule has 1 aliphatic rings. The van der Waals surface area contributed by atoms with Gasteiger partial charge in [-0.3, -0.25) is 4.98 Å². The third-order valence-electron chi connectivity index (χ3n) is 3.20. The summed E-state index contributed by atoms with van der Waals surface area (Å²) in [7, 11) is 0. The van der Waals surface area contributed by atoms with Gasteiger partial charge in [-0.2, -0.15) is 0 Å². The van der Waals surface area contributed by atoms with Gasteiger partial charge in [0.25, 0.3) is 0 Å². The van der Waals surface area contributed by atoms with Gasteiger partial charge in [-0.05, 0) is 35.8 Å². The van der Waals surface area contributed by atoms with Crippen LogP contribution in [-0.4, -0.2) is 4.98 Å². The Kier molecular flexibility index (Phi) is 1.96. The van der Waals surface area contributed by atoms with Crippen molar-refractivity contribution in [3.8, 4) is 0 Å². The molecule has 0 unspecified atom stereocenters. The van der Waals surface area contributed by atoms with E-state index in [4.69, 9.17) is 5.73 Å². The molecule has 2 heteroatoms. The average molecular weight is 198 g/mol. The molecule has 0 aliphatic heterocycles. The second kappa shape index (κ2) is 3.31. The second-order valence-electron chi connectivity index (χ2n) is 4.31. The molecular weight excluding hydrogens is 184 g/mol. The van der Waals surface area contributed by atoms with Crippen LogP contribution in [0.15, 0.2) is 36.7 Å². The molecule has 0 amide bonds. The molecule has 3 rings (SSSR count). The second-order valence-corrected chi connectivity index (χ2v) is 4.31. The first-order chi connectivity index (χ1) is 7.36. The number of nitrogens with zero attached hydrogens (tertiary/aromatic N) is 1. The summed E-state index contributed by atoms with van der Waals surface area (Å²) < 4.78 is 0. The molecular formula is C13H14N2. The molecule has 76 valence electrons. The van der Waals surface area contributed by atoms with Crippen molar-refractivity contribution in [3.63, 3.8) is 0 Å². The summed E-state index contributed by atoms with van der Waals surface area (Å²) in [6.07, 6.45) is 6.30. The first kappa shape index (κ1) is 8.86. The topological polar surface area (TPSA) is 38.9 Å². The minimum absolute atomic E-state index is 0.205. The third kappa shape index (κ3) is 1.51. The first-order valence-electron chi connectivity index (χ1n) is 5.44. The fourth-order valence-electron chi connectivity index (χ4n) is 2.15. The van der Waals surface area contributed by atoms with E-state index in [0.717, 1.165) is 0 Å². The standard InChI is InChI=1S/C13H14N2/c14-13(9-4-5-9)12-3-1-2-10-8-15-7-6-11(10)12/h1-3,6-9,13H,4-5,14H2/t13-/m1/s1. The Labute approximate surface area is 89.1 Å². The van der Waals surface area contributed by atoms with Gasteiger partial charge in [0.1, 0.15) is 0 Å². The summed E-state index contributed by atoms with van der Waals surface area (Å²) in [6.45, 7) is 0. The minimum Gasteiger partial charge on any atom is -0.324 e. The Morgan fingerprint density at radius 2 is 2.13 bits per heavy atom. The number of rotatable bonds is 2. The number of nitrogens with two attached hydrogens (primary N) is 1. The third-order valence-corrected chi connectivity index (χ3v) is 3.20. The predicted molar refractivity (Wildman–Crippen MR) is 61.4 cm³/mol. The van der Waals surface area contributed by atoms with Crippen molar-refractivity contribution in [2.24, 2.45) is 11.7 Å². The SMILES string of the molecule is N[C@@H](c1cccc2cnccc12)C1CC1. The van der Waals surface area contributed by atoms with Crippen molar-refractivity contribution in [1.29, 1.82) is 0 Å².